The zero-order valence-corrected chi connectivity index (χ0v) is 6.98. The number of allylic oxidation sites excluding steroid dienone is 4. The van der Waals surface area contributed by atoms with Gasteiger partial charge in [0.15, 0.2) is 0 Å². The van der Waals surface area contributed by atoms with Gasteiger partial charge in [-0.1, -0.05) is 36.6 Å². The Labute approximate surface area is 63.6 Å². The van der Waals surface area contributed by atoms with Gasteiger partial charge in [0, 0.05) is 0 Å². The van der Waals surface area contributed by atoms with E-state index in [4.69, 9.17) is 0 Å². The van der Waals surface area contributed by atoms with Crippen LogP contribution in [0.5, 0.6) is 0 Å². The summed E-state index contributed by atoms with van der Waals surface area (Å²) in [5.74, 6) is 0. The fourth-order valence-electron chi connectivity index (χ4n) is 1.43. The average Bonchev–Trinajstić information content (AvgIpc) is 2.38. The molecule has 0 nitrogen and oxygen atoms in total. The van der Waals surface area contributed by atoms with Crippen molar-refractivity contribution < 1.29 is 0 Å². The molecule has 0 aliphatic heterocycles. The minimum Gasteiger partial charge on any atom is -0.0841 e. The lowest BCUT2D eigenvalue weighted by molar-refractivity contribution is 0.879. The van der Waals surface area contributed by atoms with E-state index in [1.54, 1.807) is 11.1 Å². The number of hydrogen-bond acceptors (Lipinski definition) is 0. The molecule has 0 heterocycles. The molecular formula is C10H16. The molecule has 0 aromatic heterocycles. The highest BCUT2D eigenvalue weighted by molar-refractivity contribution is 5.23. The van der Waals surface area contributed by atoms with Gasteiger partial charge >= 0.3 is 0 Å². The second-order valence-electron chi connectivity index (χ2n) is 3.01. The van der Waals surface area contributed by atoms with Crippen molar-refractivity contribution in [2.45, 2.75) is 39.5 Å². The SMILES string of the molecule is CCCC(C)=C1CC=CC1. The van der Waals surface area contributed by atoms with Crippen LogP contribution in [-0.4, -0.2) is 0 Å². The molecule has 0 bridgehead atoms. The molecule has 0 amide bonds. The molecule has 0 saturated heterocycles. The summed E-state index contributed by atoms with van der Waals surface area (Å²) in [5.41, 5.74) is 3.27. The van der Waals surface area contributed by atoms with Crippen molar-refractivity contribution in [1.29, 1.82) is 0 Å². The Kier molecular flexibility index (Phi) is 2.73. The molecule has 0 radical (unpaired) electrons. The second-order valence-corrected chi connectivity index (χ2v) is 3.01. The molecular weight excluding hydrogens is 120 g/mol. The summed E-state index contributed by atoms with van der Waals surface area (Å²) in [4.78, 5) is 0. The van der Waals surface area contributed by atoms with Crippen LogP contribution in [-0.2, 0) is 0 Å². The Morgan fingerprint density at radius 1 is 1.40 bits per heavy atom. The molecule has 0 aromatic carbocycles. The maximum absolute atomic E-state index is 2.27. The summed E-state index contributed by atoms with van der Waals surface area (Å²) in [6, 6.07) is 0. The lowest BCUT2D eigenvalue weighted by Gasteiger charge is -2.02. The number of hydrogen-bond donors (Lipinski definition) is 0. The normalized spacial score (nSPS) is 16.4. The van der Waals surface area contributed by atoms with E-state index < -0.39 is 0 Å². The summed E-state index contributed by atoms with van der Waals surface area (Å²) >= 11 is 0. The van der Waals surface area contributed by atoms with Crippen LogP contribution in [0.4, 0.5) is 0 Å². The van der Waals surface area contributed by atoms with Gasteiger partial charge in [0.1, 0.15) is 0 Å². The molecule has 0 heteroatoms. The van der Waals surface area contributed by atoms with E-state index in [1.807, 2.05) is 0 Å². The maximum Gasteiger partial charge on any atom is -0.0133 e. The molecule has 0 atom stereocenters. The van der Waals surface area contributed by atoms with Gasteiger partial charge in [-0.2, -0.15) is 0 Å². The van der Waals surface area contributed by atoms with Gasteiger partial charge in [-0.05, 0) is 26.2 Å². The van der Waals surface area contributed by atoms with Crippen molar-refractivity contribution in [3.63, 3.8) is 0 Å². The van der Waals surface area contributed by atoms with Crippen LogP contribution in [0.25, 0.3) is 0 Å². The van der Waals surface area contributed by atoms with Crippen LogP contribution >= 0.6 is 0 Å². The van der Waals surface area contributed by atoms with Crippen molar-refractivity contribution in [2.75, 3.05) is 0 Å². The van der Waals surface area contributed by atoms with Gasteiger partial charge in [0.25, 0.3) is 0 Å². The number of rotatable bonds is 2. The second kappa shape index (κ2) is 3.60. The third-order valence-corrected chi connectivity index (χ3v) is 2.12. The molecule has 56 valence electrons. The molecule has 0 spiro atoms. The van der Waals surface area contributed by atoms with Crippen molar-refractivity contribution in [3.8, 4) is 0 Å². The lowest BCUT2D eigenvalue weighted by atomic mass is 10.0. The first-order chi connectivity index (χ1) is 4.84. The fraction of sp³-hybridized carbons (Fsp3) is 0.600. The Morgan fingerprint density at radius 3 is 2.50 bits per heavy atom. The first kappa shape index (κ1) is 7.59. The lowest BCUT2D eigenvalue weighted by Crippen LogP contribution is -1.82. The van der Waals surface area contributed by atoms with E-state index in [0.29, 0.717) is 0 Å². The molecule has 0 saturated carbocycles. The topological polar surface area (TPSA) is 0 Å². The van der Waals surface area contributed by atoms with Gasteiger partial charge in [-0.25, -0.2) is 0 Å². The van der Waals surface area contributed by atoms with Gasteiger partial charge < -0.3 is 0 Å². The molecule has 0 unspecified atom stereocenters. The van der Waals surface area contributed by atoms with Crippen molar-refractivity contribution in [2.24, 2.45) is 0 Å². The van der Waals surface area contributed by atoms with Crippen LogP contribution in [0.15, 0.2) is 23.3 Å². The predicted octanol–water partition coefficient (Wildman–Crippen LogP) is 3.45. The first-order valence-corrected chi connectivity index (χ1v) is 4.17. The molecule has 10 heavy (non-hydrogen) atoms. The standard InChI is InChI=1S/C10H16/c1-3-6-9(2)10-7-4-5-8-10/h4-5H,3,6-8H2,1-2H3. The average molecular weight is 136 g/mol. The maximum atomic E-state index is 2.27. The largest absolute Gasteiger partial charge is 0.0841 e. The van der Waals surface area contributed by atoms with Crippen molar-refractivity contribution in [1.82, 2.24) is 0 Å². The summed E-state index contributed by atoms with van der Waals surface area (Å²) in [5, 5.41) is 0. The molecule has 0 fully saturated rings. The highest BCUT2D eigenvalue weighted by atomic mass is 14.1. The molecule has 0 aromatic rings. The smallest absolute Gasteiger partial charge is 0.0133 e. The highest BCUT2D eigenvalue weighted by Crippen LogP contribution is 2.22. The molecule has 1 aliphatic carbocycles. The van der Waals surface area contributed by atoms with Crippen LogP contribution in [0, 0.1) is 0 Å². The Bertz CT molecular complexity index is 151. The summed E-state index contributed by atoms with van der Waals surface area (Å²) in [7, 11) is 0. The van der Waals surface area contributed by atoms with E-state index in [0.717, 1.165) is 0 Å². The van der Waals surface area contributed by atoms with Crippen LogP contribution in [0.3, 0.4) is 0 Å². The minimum absolute atomic E-state index is 1.21. The summed E-state index contributed by atoms with van der Waals surface area (Å²) in [6.45, 7) is 4.51. The van der Waals surface area contributed by atoms with Gasteiger partial charge in [-0.15, -0.1) is 0 Å². The monoisotopic (exact) mass is 136 g/mol. The van der Waals surface area contributed by atoms with E-state index in [2.05, 4.69) is 26.0 Å². The Hall–Kier alpha value is -0.520. The fourth-order valence-corrected chi connectivity index (χ4v) is 1.43. The zero-order valence-electron chi connectivity index (χ0n) is 6.98. The van der Waals surface area contributed by atoms with Crippen molar-refractivity contribution in [3.05, 3.63) is 23.3 Å². The molecule has 1 aliphatic rings. The van der Waals surface area contributed by atoms with Crippen LogP contribution in [0.1, 0.15) is 39.5 Å². The molecule has 1 rings (SSSR count). The highest BCUT2D eigenvalue weighted by Gasteiger charge is 2.02. The zero-order chi connectivity index (χ0) is 7.40. The predicted molar refractivity (Wildman–Crippen MR) is 46.0 cm³/mol. The van der Waals surface area contributed by atoms with Crippen molar-refractivity contribution >= 4 is 0 Å². The van der Waals surface area contributed by atoms with E-state index in [1.165, 1.54) is 25.7 Å². The third kappa shape index (κ3) is 1.73. The minimum atomic E-state index is 1.21. The Balaban J connectivity index is 2.49. The van der Waals surface area contributed by atoms with E-state index in [9.17, 15) is 0 Å². The third-order valence-electron chi connectivity index (χ3n) is 2.12. The quantitative estimate of drug-likeness (QED) is 0.510. The van der Waals surface area contributed by atoms with Gasteiger partial charge in [0.2, 0.25) is 0 Å². The van der Waals surface area contributed by atoms with Crippen LogP contribution < -0.4 is 0 Å². The summed E-state index contributed by atoms with van der Waals surface area (Å²) < 4.78 is 0. The Morgan fingerprint density at radius 2 is 2.00 bits per heavy atom. The van der Waals surface area contributed by atoms with Gasteiger partial charge in [0.05, 0.1) is 0 Å². The first-order valence-electron chi connectivity index (χ1n) is 4.17. The summed E-state index contributed by atoms with van der Waals surface area (Å²) in [6.07, 6.45) is 9.55. The van der Waals surface area contributed by atoms with Crippen LogP contribution in [0.2, 0.25) is 0 Å². The van der Waals surface area contributed by atoms with Gasteiger partial charge in [-0.3, -0.25) is 0 Å². The van der Waals surface area contributed by atoms with E-state index in [-0.39, 0.29) is 0 Å². The van der Waals surface area contributed by atoms with E-state index >= 15 is 0 Å². The molecule has 0 N–H and O–H groups in total.